The molecule has 0 saturated carbocycles. The fourth-order valence-corrected chi connectivity index (χ4v) is 3.34. The molecule has 182 valence electrons. The van der Waals surface area contributed by atoms with Gasteiger partial charge in [0.15, 0.2) is 5.78 Å². The maximum Gasteiger partial charge on any atom is 0.416 e. The normalized spacial score (nSPS) is 11.2. The van der Waals surface area contributed by atoms with Gasteiger partial charge in [0, 0.05) is 32.0 Å². The van der Waals surface area contributed by atoms with E-state index < -0.39 is 28.9 Å². The molecule has 1 heterocycles. The number of pyridine rings is 1. The smallest absolute Gasteiger partial charge is 0.416 e. The van der Waals surface area contributed by atoms with Crippen LogP contribution in [0.3, 0.4) is 0 Å². The van der Waals surface area contributed by atoms with Crippen molar-refractivity contribution >= 4 is 5.78 Å². The molecule has 2 aromatic carbocycles. The number of ether oxygens (including phenoxy) is 2. The maximum atomic E-state index is 14.0. The molecule has 0 spiro atoms. The van der Waals surface area contributed by atoms with Gasteiger partial charge in [-0.3, -0.25) is 9.59 Å². The van der Waals surface area contributed by atoms with E-state index >= 15 is 0 Å². The number of nitrogens with zero attached hydrogens (tertiary/aromatic N) is 2. The second-order valence-corrected chi connectivity index (χ2v) is 7.56. The van der Waals surface area contributed by atoms with E-state index in [-0.39, 0.29) is 41.2 Å². The van der Waals surface area contributed by atoms with Crippen molar-refractivity contribution in [3.8, 4) is 11.8 Å². The van der Waals surface area contributed by atoms with Crippen LogP contribution in [0.5, 0.6) is 5.75 Å². The summed E-state index contributed by atoms with van der Waals surface area (Å²) in [6.07, 6.45) is -2.81. The molecule has 0 N–H and O–H groups in total. The molecule has 0 radical (unpaired) electrons. The van der Waals surface area contributed by atoms with Crippen molar-refractivity contribution in [3.63, 3.8) is 0 Å². The molecule has 0 aliphatic carbocycles. The van der Waals surface area contributed by atoms with E-state index in [4.69, 9.17) is 9.47 Å². The topological polar surface area (TPSA) is 81.3 Å². The monoisotopic (exact) mass is 488 g/mol. The van der Waals surface area contributed by atoms with Crippen LogP contribution in [0.25, 0.3) is 0 Å². The number of aromatic nitrogens is 1. The van der Waals surface area contributed by atoms with Crippen molar-refractivity contribution < 1.29 is 31.8 Å². The Balaban J connectivity index is 1.93. The Morgan fingerprint density at radius 3 is 2.60 bits per heavy atom. The number of hydrogen-bond acceptors (Lipinski definition) is 5. The fourth-order valence-electron chi connectivity index (χ4n) is 3.34. The Bertz CT molecular complexity index is 1330. The number of aryl methyl sites for hydroxylation is 1. The number of carbonyl (C=O) groups is 1. The van der Waals surface area contributed by atoms with Gasteiger partial charge in [-0.1, -0.05) is 12.1 Å². The van der Waals surface area contributed by atoms with Gasteiger partial charge in [-0.25, -0.2) is 4.39 Å². The summed E-state index contributed by atoms with van der Waals surface area (Å²) < 4.78 is 64.7. The van der Waals surface area contributed by atoms with E-state index in [1.54, 1.807) is 6.07 Å². The average Bonchev–Trinajstić information content (AvgIpc) is 2.83. The van der Waals surface area contributed by atoms with Crippen LogP contribution in [0.15, 0.2) is 59.5 Å². The zero-order valence-corrected chi connectivity index (χ0v) is 18.6. The van der Waals surface area contributed by atoms with Gasteiger partial charge >= 0.3 is 6.18 Å². The van der Waals surface area contributed by atoms with Gasteiger partial charge in [0.05, 0.1) is 11.1 Å². The number of benzene rings is 2. The van der Waals surface area contributed by atoms with Crippen LogP contribution in [0.2, 0.25) is 0 Å². The molecule has 0 unspecified atom stereocenters. The highest BCUT2D eigenvalue weighted by atomic mass is 19.4. The number of ketones is 1. The molecule has 0 saturated heterocycles. The summed E-state index contributed by atoms with van der Waals surface area (Å²) >= 11 is 0. The first-order valence-corrected chi connectivity index (χ1v) is 10.4. The van der Waals surface area contributed by atoms with Crippen molar-refractivity contribution in [2.24, 2.45) is 0 Å². The second-order valence-electron chi connectivity index (χ2n) is 7.56. The van der Waals surface area contributed by atoms with E-state index in [1.165, 1.54) is 36.1 Å². The van der Waals surface area contributed by atoms with Gasteiger partial charge in [-0.2, -0.15) is 18.4 Å². The minimum absolute atomic E-state index is 0.0481. The predicted molar refractivity (Wildman–Crippen MR) is 118 cm³/mol. The number of nitriles is 1. The van der Waals surface area contributed by atoms with E-state index in [1.807, 2.05) is 0 Å². The van der Waals surface area contributed by atoms with E-state index in [2.05, 4.69) is 0 Å². The van der Waals surface area contributed by atoms with Gasteiger partial charge < -0.3 is 14.0 Å². The summed E-state index contributed by atoms with van der Waals surface area (Å²) in [7, 11) is 1.49. The highest BCUT2D eigenvalue weighted by molar-refractivity contribution is 6.10. The summed E-state index contributed by atoms with van der Waals surface area (Å²) in [4.78, 5) is 25.6. The summed E-state index contributed by atoms with van der Waals surface area (Å²) in [6, 6.07) is 10.5. The van der Waals surface area contributed by atoms with Crippen LogP contribution in [0.4, 0.5) is 17.6 Å². The molecule has 0 fully saturated rings. The van der Waals surface area contributed by atoms with Crippen molar-refractivity contribution in [1.82, 2.24) is 4.57 Å². The first kappa shape index (κ1) is 25.6. The van der Waals surface area contributed by atoms with Crippen LogP contribution < -0.4 is 10.3 Å². The Kier molecular flexibility index (Phi) is 8.04. The summed E-state index contributed by atoms with van der Waals surface area (Å²) in [6.45, 7) is 0.226. The zero-order valence-electron chi connectivity index (χ0n) is 18.6. The molecule has 6 nitrogen and oxygen atoms in total. The van der Waals surface area contributed by atoms with Crippen molar-refractivity contribution in [2.45, 2.75) is 25.7 Å². The predicted octanol–water partition coefficient (Wildman–Crippen LogP) is 4.72. The van der Waals surface area contributed by atoms with Crippen LogP contribution in [-0.4, -0.2) is 24.1 Å². The van der Waals surface area contributed by atoms with Gasteiger partial charge in [-0.15, -0.1) is 0 Å². The molecular weight excluding hydrogens is 468 g/mol. The van der Waals surface area contributed by atoms with Crippen molar-refractivity contribution in [2.75, 3.05) is 13.7 Å². The Morgan fingerprint density at radius 2 is 1.91 bits per heavy atom. The molecule has 10 heteroatoms. The lowest BCUT2D eigenvalue weighted by atomic mass is 10.0. The second kappa shape index (κ2) is 11.0. The molecule has 1 aromatic heterocycles. The molecule has 0 amide bonds. The minimum atomic E-state index is -4.53. The third-order valence-electron chi connectivity index (χ3n) is 5.05. The van der Waals surface area contributed by atoms with Gasteiger partial charge in [0.2, 0.25) is 0 Å². The lowest BCUT2D eigenvalue weighted by Crippen LogP contribution is -2.24. The molecule has 0 aliphatic rings. The number of alkyl halides is 3. The molecular formula is C25H20F4N2O4. The molecule has 3 aromatic rings. The first-order valence-electron chi connectivity index (χ1n) is 10.4. The molecule has 0 aliphatic heterocycles. The van der Waals surface area contributed by atoms with Crippen LogP contribution in [0.1, 0.15) is 39.0 Å². The standard InChI is InChI=1S/C25H20F4N2O4/c1-34-9-3-8-31-14-18(11-17(13-30)24(31)33)23(32)21-12-20(26)6-7-22(21)35-15-16-4-2-5-19(10-16)25(27,28)29/h2,4-7,10-12,14H,3,8-9,15H2,1H3. The summed E-state index contributed by atoms with van der Waals surface area (Å²) in [5, 5.41) is 9.32. The number of carbonyl (C=O) groups excluding carboxylic acids is 1. The highest BCUT2D eigenvalue weighted by Gasteiger charge is 2.30. The lowest BCUT2D eigenvalue weighted by molar-refractivity contribution is -0.137. The number of halogens is 4. The minimum Gasteiger partial charge on any atom is -0.488 e. The number of hydrogen-bond donors (Lipinski definition) is 0. The molecule has 3 rings (SSSR count). The lowest BCUT2D eigenvalue weighted by Gasteiger charge is -2.14. The Hall–Kier alpha value is -3.97. The fraction of sp³-hybridized carbons (Fsp3) is 0.240. The number of rotatable bonds is 9. The molecule has 0 bridgehead atoms. The van der Waals surface area contributed by atoms with E-state index in [0.717, 1.165) is 30.3 Å². The number of methoxy groups -OCH3 is 1. The van der Waals surface area contributed by atoms with Crippen molar-refractivity contribution in [3.05, 3.63) is 98.7 Å². The van der Waals surface area contributed by atoms with Gasteiger partial charge in [-0.05, 0) is 48.4 Å². The largest absolute Gasteiger partial charge is 0.488 e. The Labute approximate surface area is 197 Å². The third kappa shape index (κ3) is 6.33. The van der Waals surface area contributed by atoms with E-state index in [9.17, 15) is 32.4 Å². The van der Waals surface area contributed by atoms with E-state index in [0.29, 0.717) is 13.0 Å². The van der Waals surface area contributed by atoms with Gasteiger partial charge in [0.1, 0.15) is 29.8 Å². The quantitative estimate of drug-likeness (QED) is 0.247. The average molecular weight is 488 g/mol. The maximum absolute atomic E-state index is 14.0. The summed E-state index contributed by atoms with van der Waals surface area (Å²) in [5.74, 6) is -1.53. The third-order valence-corrected chi connectivity index (χ3v) is 5.05. The van der Waals surface area contributed by atoms with Crippen LogP contribution >= 0.6 is 0 Å². The van der Waals surface area contributed by atoms with Gasteiger partial charge in [0.25, 0.3) is 5.56 Å². The van der Waals surface area contributed by atoms with Crippen LogP contribution in [-0.2, 0) is 24.1 Å². The molecule has 0 atom stereocenters. The molecule has 35 heavy (non-hydrogen) atoms. The first-order chi connectivity index (χ1) is 16.6. The summed E-state index contributed by atoms with van der Waals surface area (Å²) in [5.41, 5.74) is -1.76. The highest BCUT2D eigenvalue weighted by Crippen LogP contribution is 2.30. The van der Waals surface area contributed by atoms with Crippen LogP contribution in [0, 0.1) is 17.1 Å². The zero-order chi connectivity index (χ0) is 25.6. The van der Waals surface area contributed by atoms with Crippen molar-refractivity contribution in [1.29, 1.82) is 5.26 Å². The Morgan fingerprint density at radius 1 is 1.14 bits per heavy atom. The SMILES string of the molecule is COCCCn1cc(C(=O)c2cc(F)ccc2OCc2cccc(C(F)(F)F)c2)cc(C#N)c1=O.